The lowest BCUT2D eigenvalue weighted by Gasteiger charge is -2.51. The summed E-state index contributed by atoms with van der Waals surface area (Å²) in [5.41, 5.74) is 1.79. The Morgan fingerprint density at radius 3 is 2.45 bits per heavy atom. The minimum Gasteiger partial charge on any atom is -0.480 e. The van der Waals surface area contributed by atoms with Crippen LogP contribution in [0.25, 0.3) is 0 Å². The SMILES string of the molecule is CC(C)[C@H]1CC[C@@H](C2c3ccccc3C3(CCNCC3)C(=O)N2CC(=O)O)CC1. The standard InChI is InChI=1S/C24H34N2O3/c1-16(2)17-7-9-18(10-8-17)22-19-5-3-4-6-20(19)24(11-13-25-14-12-24)23(29)26(22)15-21(27)28/h3-6,16-18,22,25H,7-15H2,1-2H3,(H,27,28)/t17-,18+,22?. The molecule has 1 aromatic rings. The second-order valence-electron chi connectivity index (χ2n) is 9.61. The number of carboxylic acids is 1. The Bertz CT molecular complexity index is 761. The van der Waals surface area contributed by atoms with E-state index in [4.69, 9.17) is 0 Å². The summed E-state index contributed by atoms with van der Waals surface area (Å²) in [5.74, 6) is 0.890. The van der Waals surface area contributed by atoms with Gasteiger partial charge in [0.1, 0.15) is 6.54 Å². The fourth-order valence-corrected chi connectivity index (χ4v) is 6.16. The molecule has 2 N–H and O–H groups in total. The molecular weight excluding hydrogens is 364 g/mol. The predicted octanol–water partition coefficient (Wildman–Crippen LogP) is 3.74. The molecule has 3 aliphatic rings. The van der Waals surface area contributed by atoms with Crippen molar-refractivity contribution in [3.05, 3.63) is 35.4 Å². The quantitative estimate of drug-likeness (QED) is 0.811. The van der Waals surface area contributed by atoms with E-state index in [0.717, 1.165) is 50.3 Å². The van der Waals surface area contributed by atoms with E-state index in [1.54, 1.807) is 4.90 Å². The second-order valence-corrected chi connectivity index (χ2v) is 9.61. The van der Waals surface area contributed by atoms with Gasteiger partial charge < -0.3 is 15.3 Å². The lowest BCUT2D eigenvalue weighted by Crippen LogP contribution is -2.58. The minimum atomic E-state index is -0.914. The summed E-state index contributed by atoms with van der Waals surface area (Å²) in [5, 5.41) is 13.0. The Balaban J connectivity index is 1.74. The van der Waals surface area contributed by atoms with Crippen LogP contribution in [0.4, 0.5) is 0 Å². The third kappa shape index (κ3) is 3.58. The zero-order valence-electron chi connectivity index (χ0n) is 17.7. The topological polar surface area (TPSA) is 69.6 Å². The largest absolute Gasteiger partial charge is 0.480 e. The molecule has 0 radical (unpaired) electrons. The van der Waals surface area contributed by atoms with Crippen LogP contribution in [-0.4, -0.2) is 41.5 Å². The summed E-state index contributed by atoms with van der Waals surface area (Å²) in [6.07, 6.45) is 5.97. The van der Waals surface area contributed by atoms with E-state index in [0.29, 0.717) is 11.8 Å². The van der Waals surface area contributed by atoms with Crippen molar-refractivity contribution < 1.29 is 14.7 Å². The van der Waals surface area contributed by atoms with Gasteiger partial charge in [0.15, 0.2) is 0 Å². The Morgan fingerprint density at radius 2 is 1.83 bits per heavy atom. The Morgan fingerprint density at radius 1 is 1.17 bits per heavy atom. The van der Waals surface area contributed by atoms with E-state index < -0.39 is 11.4 Å². The first-order chi connectivity index (χ1) is 13.9. The molecule has 1 atom stereocenters. The Hall–Kier alpha value is -1.88. The average Bonchev–Trinajstić information content (AvgIpc) is 2.73. The van der Waals surface area contributed by atoms with Gasteiger partial charge in [0.05, 0.1) is 11.5 Å². The van der Waals surface area contributed by atoms with Crippen LogP contribution in [0.3, 0.4) is 0 Å². The van der Waals surface area contributed by atoms with Crippen LogP contribution in [0, 0.1) is 17.8 Å². The molecule has 2 heterocycles. The number of hydrogen-bond donors (Lipinski definition) is 2. The second kappa shape index (κ2) is 8.10. The van der Waals surface area contributed by atoms with E-state index in [2.05, 4.69) is 37.4 Å². The molecule has 2 aliphatic heterocycles. The van der Waals surface area contributed by atoms with Crippen molar-refractivity contribution in [2.24, 2.45) is 17.8 Å². The van der Waals surface area contributed by atoms with Gasteiger partial charge in [-0.15, -0.1) is 0 Å². The summed E-state index contributed by atoms with van der Waals surface area (Å²) in [6, 6.07) is 8.26. The minimum absolute atomic E-state index is 0.0380. The number of carboxylic acid groups (broad SMARTS) is 1. The third-order valence-corrected chi connectivity index (χ3v) is 7.77. The monoisotopic (exact) mass is 398 g/mol. The molecule has 4 rings (SSSR count). The van der Waals surface area contributed by atoms with Crippen molar-refractivity contribution >= 4 is 11.9 Å². The first-order valence-corrected chi connectivity index (χ1v) is 11.3. The highest BCUT2D eigenvalue weighted by molar-refractivity contribution is 5.93. The van der Waals surface area contributed by atoms with Gasteiger partial charge in [0.2, 0.25) is 5.91 Å². The maximum Gasteiger partial charge on any atom is 0.323 e. The summed E-state index contributed by atoms with van der Waals surface area (Å²) >= 11 is 0. The maximum absolute atomic E-state index is 13.9. The maximum atomic E-state index is 13.9. The number of carbonyl (C=O) groups excluding carboxylic acids is 1. The first kappa shape index (κ1) is 20.4. The predicted molar refractivity (Wildman–Crippen MR) is 113 cm³/mol. The highest BCUT2D eigenvalue weighted by Gasteiger charge is 2.52. The zero-order valence-corrected chi connectivity index (χ0v) is 17.7. The number of rotatable bonds is 4. The lowest BCUT2D eigenvalue weighted by atomic mass is 9.64. The Labute approximate surface area is 173 Å². The summed E-state index contributed by atoms with van der Waals surface area (Å²) < 4.78 is 0. The fraction of sp³-hybridized carbons (Fsp3) is 0.667. The molecule has 2 fully saturated rings. The van der Waals surface area contributed by atoms with E-state index in [1.165, 1.54) is 18.4 Å². The number of fused-ring (bicyclic) bond motifs is 2. The average molecular weight is 399 g/mol. The number of aliphatic carboxylic acids is 1. The van der Waals surface area contributed by atoms with Crippen LogP contribution >= 0.6 is 0 Å². The number of amides is 1. The first-order valence-electron chi connectivity index (χ1n) is 11.3. The van der Waals surface area contributed by atoms with Crippen LogP contribution in [0.1, 0.15) is 69.5 Å². The number of piperidine rings is 1. The van der Waals surface area contributed by atoms with Crippen molar-refractivity contribution in [3.63, 3.8) is 0 Å². The van der Waals surface area contributed by atoms with Gasteiger partial charge in [0.25, 0.3) is 0 Å². The van der Waals surface area contributed by atoms with Crippen LogP contribution in [0.2, 0.25) is 0 Å². The van der Waals surface area contributed by atoms with Crippen molar-refractivity contribution in [3.8, 4) is 0 Å². The molecule has 1 saturated heterocycles. The molecule has 5 nitrogen and oxygen atoms in total. The van der Waals surface area contributed by atoms with Gasteiger partial charge in [0, 0.05) is 0 Å². The van der Waals surface area contributed by atoms with Crippen molar-refractivity contribution in [2.75, 3.05) is 19.6 Å². The van der Waals surface area contributed by atoms with Gasteiger partial charge in [-0.05, 0) is 80.5 Å². The summed E-state index contributed by atoms with van der Waals surface area (Å²) in [6.45, 7) is 5.98. The molecule has 158 valence electrons. The molecule has 1 amide bonds. The van der Waals surface area contributed by atoms with Crippen molar-refractivity contribution in [2.45, 2.75) is 63.8 Å². The molecule has 5 heteroatoms. The van der Waals surface area contributed by atoms with E-state index in [1.807, 2.05) is 6.07 Å². The fourth-order valence-electron chi connectivity index (χ4n) is 6.16. The highest BCUT2D eigenvalue weighted by Crippen LogP contribution is 2.51. The van der Waals surface area contributed by atoms with Gasteiger partial charge in [-0.1, -0.05) is 38.1 Å². The number of benzene rings is 1. The molecule has 0 aromatic heterocycles. The molecular formula is C24H34N2O3. The smallest absolute Gasteiger partial charge is 0.323 e. The number of nitrogens with one attached hydrogen (secondary N) is 1. The van der Waals surface area contributed by atoms with Crippen LogP contribution in [0.5, 0.6) is 0 Å². The summed E-state index contributed by atoms with van der Waals surface area (Å²) in [4.78, 5) is 27.4. The normalized spacial score (nSPS) is 29.1. The van der Waals surface area contributed by atoms with Gasteiger partial charge in [-0.25, -0.2) is 0 Å². The van der Waals surface area contributed by atoms with Gasteiger partial charge >= 0.3 is 5.97 Å². The molecule has 1 aliphatic carbocycles. The molecule has 1 unspecified atom stereocenters. The number of nitrogens with zero attached hydrogens (tertiary/aromatic N) is 1. The zero-order chi connectivity index (χ0) is 20.6. The molecule has 1 spiro atoms. The number of carbonyl (C=O) groups is 2. The van der Waals surface area contributed by atoms with Gasteiger partial charge in [-0.2, -0.15) is 0 Å². The van der Waals surface area contributed by atoms with Crippen LogP contribution in [-0.2, 0) is 15.0 Å². The molecule has 0 bridgehead atoms. The van der Waals surface area contributed by atoms with Crippen molar-refractivity contribution in [1.29, 1.82) is 0 Å². The van der Waals surface area contributed by atoms with Crippen LogP contribution < -0.4 is 5.32 Å². The van der Waals surface area contributed by atoms with Crippen LogP contribution in [0.15, 0.2) is 24.3 Å². The van der Waals surface area contributed by atoms with E-state index in [9.17, 15) is 14.7 Å². The molecule has 29 heavy (non-hydrogen) atoms. The molecule has 1 saturated carbocycles. The lowest BCUT2D eigenvalue weighted by molar-refractivity contribution is -0.153. The number of hydrogen-bond acceptors (Lipinski definition) is 3. The summed E-state index contributed by atoms with van der Waals surface area (Å²) in [7, 11) is 0. The van der Waals surface area contributed by atoms with Crippen molar-refractivity contribution in [1.82, 2.24) is 10.2 Å². The van der Waals surface area contributed by atoms with Gasteiger partial charge in [-0.3, -0.25) is 9.59 Å². The Kier molecular flexibility index (Phi) is 5.69. The molecule has 1 aromatic carbocycles. The van der Waals surface area contributed by atoms with E-state index in [-0.39, 0.29) is 18.5 Å². The van der Waals surface area contributed by atoms with E-state index >= 15 is 0 Å². The third-order valence-electron chi connectivity index (χ3n) is 7.77. The highest BCUT2D eigenvalue weighted by atomic mass is 16.4.